The van der Waals surface area contributed by atoms with Gasteiger partial charge in [0.2, 0.25) is 5.91 Å². The van der Waals surface area contributed by atoms with Crippen LogP contribution in [0.3, 0.4) is 0 Å². The lowest BCUT2D eigenvalue weighted by molar-refractivity contribution is -0.115. The summed E-state index contributed by atoms with van der Waals surface area (Å²) in [6.45, 7) is 0. The number of rotatable bonds is 4. The van der Waals surface area contributed by atoms with Crippen LogP contribution >= 0.6 is 0 Å². The molecular formula is C15H11F2N5O. The maximum atomic E-state index is 13.5. The lowest BCUT2D eigenvalue weighted by Crippen LogP contribution is -2.16. The topological polar surface area (TPSA) is 83.6 Å². The first-order valence-electron chi connectivity index (χ1n) is 6.69. The number of amides is 1. The summed E-state index contributed by atoms with van der Waals surface area (Å²) in [5.74, 6) is -1.26. The summed E-state index contributed by atoms with van der Waals surface area (Å²) in [4.78, 5) is 20.1. The van der Waals surface area contributed by atoms with Gasteiger partial charge in [0, 0.05) is 12.3 Å². The Morgan fingerprint density at radius 3 is 2.87 bits per heavy atom. The Morgan fingerprint density at radius 1 is 1.22 bits per heavy atom. The highest BCUT2D eigenvalue weighted by molar-refractivity contribution is 5.91. The number of carbonyl (C=O) groups is 1. The number of aromatic amines is 1. The first-order chi connectivity index (χ1) is 11.1. The van der Waals surface area contributed by atoms with E-state index in [9.17, 15) is 13.6 Å². The van der Waals surface area contributed by atoms with Crippen molar-refractivity contribution in [1.82, 2.24) is 20.2 Å². The van der Waals surface area contributed by atoms with Gasteiger partial charge in [0.25, 0.3) is 0 Å². The van der Waals surface area contributed by atoms with Gasteiger partial charge in [-0.15, -0.1) is 0 Å². The van der Waals surface area contributed by atoms with Crippen LogP contribution in [0.25, 0.3) is 11.5 Å². The second-order valence-corrected chi connectivity index (χ2v) is 4.67. The summed E-state index contributed by atoms with van der Waals surface area (Å²) in [6, 6.07) is 8.11. The number of hydrogen-bond acceptors (Lipinski definition) is 4. The number of aromatic nitrogens is 4. The Labute approximate surface area is 129 Å². The molecule has 0 aliphatic rings. The maximum Gasteiger partial charge on any atom is 0.232 e. The van der Waals surface area contributed by atoms with Gasteiger partial charge in [-0.2, -0.15) is 5.10 Å². The van der Waals surface area contributed by atoms with Gasteiger partial charge in [-0.05, 0) is 24.3 Å². The molecule has 1 amide bonds. The quantitative estimate of drug-likeness (QED) is 0.774. The SMILES string of the molecule is O=C(Cc1nc(-c2ccccn2)n[nH]1)Nc1cc(F)ccc1F. The molecule has 0 unspecified atom stereocenters. The molecule has 6 nitrogen and oxygen atoms in total. The standard InChI is InChI=1S/C15H11F2N5O/c16-9-4-5-10(17)12(7-9)19-14(23)8-13-20-15(22-21-13)11-3-1-2-6-18-11/h1-7H,8H2,(H,19,23)(H,20,21,22). The van der Waals surface area contributed by atoms with Crippen LogP contribution in [0.4, 0.5) is 14.5 Å². The molecule has 0 spiro atoms. The number of carbonyl (C=O) groups excluding carboxylic acids is 1. The van der Waals surface area contributed by atoms with Crippen LogP contribution in [-0.2, 0) is 11.2 Å². The van der Waals surface area contributed by atoms with E-state index in [0.29, 0.717) is 17.3 Å². The van der Waals surface area contributed by atoms with E-state index in [0.717, 1.165) is 18.2 Å². The first kappa shape index (κ1) is 14.8. The molecule has 0 aliphatic carbocycles. The van der Waals surface area contributed by atoms with E-state index in [1.807, 2.05) is 0 Å². The first-order valence-corrected chi connectivity index (χ1v) is 6.69. The van der Waals surface area contributed by atoms with Crippen molar-refractivity contribution in [3.8, 4) is 11.5 Å². The van der Waals surface area contributed by atoms with E-state index in [4.69, 9.17) is 0 Å². The van der Waals surface area contributed by atoms with Gasteiger partial charge in [0.1, 0.15) is 23.2 Å². The fourth-order valence-corrected chi connectivity index (χ4v) is 1.92. The smallest absolute Gasteiger partial charge is 0.232 e. The molecule has 3 aromatic rings. The van der Waals surface area contributed by atoms with Gasteiger partial charge in [-0.3, -0.25) is 14.9 Å². The van der Waals surface area contributed by atoms with Gasteiger partial charge in [0.15, 0.2) is 5.82 Å². The van der Waals surface area contributed by atoms with Gasteiger partial charge in [-0.25, -0.2) is 13.8 Å². The molecule has 1 aromatic carbocycles. The minimum atomic E-state index is -0.716. The molecule has 2 heterocycles. The third-order valence-electron chi connectivity index (χ3n) is 2.96. The third-order valence-corrected chi connectivity index (χ3v) is 2.96. The number of anilines is 1. The average molecular weight is 315 g/mol. The molecule has 0 atom stereocenters. The molecule has 2 aromatic heterocycles. The summed E-state index contributed by atoms with van der Waals surface area (Å²) >= 11 is 0. The number of halogens is 2. The van der Waals surface area contributed by atoms with Gasteiger partial charge >= 0.3 is 0 Å². The van der Waals surface area contributed by atoms with Crippen LogP contribution in [0.1, 0.15) is 5.82 Å². The summed E-state index contributed by atoms with van der Waals surface area (Å²) in [5, 5.41) is 8.87. The van der Waals surface area contributed by atoms with E-state index >= 15 is 0 Å². The Balaban J connectivity index is 1.69. The molecule has 116 valence electrons. The lowest BCUT2D eigenvalue weighted by Gasteiger charge is -2.05. The van der Waals surface area contributed by atoms with Crippen molar-refractivity contribution >= 4 is 11.6 Å². The summed E-state index contributed by atoms with van der Waals surface area (Å²) in [7, 11) is 0. The van der Waals surface area contributed by atoms with Gasteiger partial charge in [0.05, 0.1) is 12.1 Å². The van der Waals surface area contributed by atoms with E-state index < -0.39 is 17.5 Å². The molecule has 2 N–H and O–H groups in total. The predicted molar refractivity (Wildman–Crippen MR) is 78.3 cm³/mol. The van der Waals surface area contributed by atoms with Crippen molar-refractivity contribution < 1.29 is 13.6 Å². The van der Waals surface area contributed by atoms with Crippen molar-refractivity contribution in [2.24, 2.45) is 0 Å². The van der Waals surface area contributed by atoms with Crippen molar-refractivity contribution in [3.63, 3.8) is 0 Å². The van der Waals surface area contributed by atoms with Crippen molar-refractivity contribution in [1.29, 1.82) is 0 Å². The van der Waals surface area contributed by atoms with Crippen LogP contribution < -0.4 is 5.32 Å². The number of benzene rings is 1. The molecule has 0 fully saturated rings. The highest BCUT2D eigenvalue weighted by Gasteiger charge is 2.12. The zero-order chi connectivity index (χ0) is 16.2. The van der Waals surface area contributed by atoms with Crippen molar-refractivity contribution in [3.05, 3.63) is 60.1 Å². The zero-order valence-electron chi connectivity index (χ0n) is 11.8. The minimum absolute atomic E-state index is 0.157. The molecule has 0 saturated heterocycles. The van der Waals surface area contributed by atoms with Crippen molar-refractivity contribution in [2.75, 3.05) is 5.32 Å². The number of nitrogens with zero attached hydrogens (tertiary/aromatic N) is 3. The Kier molecular flexibility index (Phi) is 4.05. The largest absolute Gasteiger partial charge is 0.323 e. The second kappa shape index (κ2) is 6.30. The summed E-state index contributed by atoms with van der Waals surface area (Å²) < 4.78 is 26.5. The third kappa shape index (κ3) is 3.54. The van der Waals surface area contributed by atoms with Crippen LogP contribution in [0.5, 0.6) is 0 Å². The molecule has 0 bridgehead atoms. The summed E-state index contributed by atoms with van der Waals surface area (Å²) in [6.07, 6.45) is 1.45. The normalized spacial score (nSPS) is 10.5. The van der Waals surface area contributed by atoms with E-state index in [2.05, 4.69) is 25.5 Å². The van der Waals surface area contributed by atoms with E-state index in [-0.39, 0.29) is 12.1 Å². The van der Waals surface area contributed by atoms with Crippen molar-refractivity contribution in [2.45, 2.75) is 6.42 Å². The van der Waals surface area contributed by atoms with Crippen LogP contribution in [0.15, 0.2) is 42.6 Å². The Hall–Kier alpha value is -3.16. The molecule has 3 rings (SSSR count). The monoisotopic (exact) mass is 315 g/mol. The fourth-order valence-electron chi connectivity index (χ4n) is 1.92. The maximum absolute atomic E-state index is 13.5. The Bertz CT molecular complexity index is 835. The number of H-pyrrole nitrogens is 1. The number of hydrogen-bond donors (Lipinski definition) is 2. The lowest BCUT2D eigenvalue weighted by atomic mass is 10.2. The highest BCUT2D eigenvalue weighted by Crippen LogP contribution is 2.16. The minimum Gasteiger partial charge on any atom is -0.323 e. The molecule has 0 saturated carbocycles. The summed E-state index contributed by atoms with van der Waals surface area (Å²) in [5.41, 5.74) is 0.339. The zero-order valence-corrected chi connectivity index (χ0v) is 11.8. The predicted octanol–water partition coefficient (Wildman–Crippen LogP) is 2.33. The fraction of sp³-hybridized carbons (Fsp3) is 0.0667. The van der Waals surface area contributed by atoms with Crippen LogP contribution in [0, 0.1) is 11.6 Å². The number of nitrogens with one attached hydrogen (secondary N) is 2. The Morgan fingerprint density at radius 2 is 2.09 bits per heavy atom. The molecule has 0 aliphatic heterocycles. The molecular weight excluding hydrogens is 304 g/mol. The highest BCUT2D eigenvalue weighted by atomic mass is 19.1. The molecule has 0 radical (unpaired) electrons. The second-order valence-electron chi connectivity index (χ2n) is 4.67. The van der Waals surface area contributed by atoms with Gasteiger partial charge in [-0.1, -0.05) is 6.07 Å². The average Bonchev–Trinajstić information content (AvgIpc) is 3.00. The van der Waals surface area contributed by atoms with E-state index in [1.54, 1.807) is 24.4 Å². The molecule has 8 heteroatoms. The number of pyridine rings is 1. The van der Waals surface area contributed by atoms with Crippen LogP contribution in [0.2, 0.25) is 0 Å². The van der Waals surface area contributed by atoms with Gasteiger partial charge < -0.3 is 5.32 Å². The molecule has 23 heavy (non-hydrogen) atoms. The van der Waals surface area contributed by atoms with Crippen LogP contribution in [-0.4, -0.2) is 26.1 Å². The van der Waals surface area contributed by atoms with E-state index in [1.165, 1.54) is 0 Å².